The van der Waals surface area contributed by atoms with Crippen LogP contribution < -0.4 is 5.32 Å². The van der Waals surface area contributed by atoms with Gasteiger partial charge in [-0.25, -0.2) is 4.98 Å². The molecule has 158 valence electrons. The van der Waals surface area contributed by atoms with Gasteiger partial charge in [0, 0.05) is 56.5 Å². The molecule has 2 aromatic rings. The molecule has 1 heterocycles. The van der Waals surface area contributed by atoms with Crippen LogP contribution in [0.3, 0.4) is 0 Å². The number of aromatic nitrogens is 1. The summed E-state index contributed by atoms with van der Waals surface area (Å²) in [5.74, 6) is -0.336. The number of halogens is 1. The molecule has 1 aromatic carbocycles. The Hall–Kier alpha value is -2.00. The summed E-state index contributed by atoms with van der Waals surface area (Å²) in [6, 6.07) is 6.79. The quantitative estimate of drug-likeness (QED) is 0.513. The SMILES string of the molecule is COCCCNC(=O)c1csc(CN(CCCOC)C(=O)c2ccc(Cl)cc2)n1. The van der Waals surface area contributed by atoms with E-state index in [1.165, 1.54) is 11.3 Å². The van der Waals surface area contributed by atoms with Gasteiger partial charge in [-0.1, -0.05) is 11.6 Å². The van der Waals surface area contributed by atoms with E-state index in [0.29, 0.717) is 60.6 Å². The topological polar surface area (TPSA) is 80.8 Å². The first kappa shape index (κ1) is 23.3. The van der Waals surface area contributed by atoms with Crippen LogP contribution >= 0.6 is 22.9 Å². The average Bonchev–Trinajstić information content (AvgIpc) is 3.19. The lowest BCUT2D eigenvalue weighted by atomic mass is 10.2. The van der Waals surface area contributed by atoms with Crippen molar-refractivity contribution in [1.29, 1.82) is 0 Å². The summed E-state index contributed by atoms with van der Waals surface area (Å²) in [7, 11) is 3.25. The number of carbonyl (C=O) groups excluding carboxylic acids is 2. The monoisotopic (exact) mass is 439 g/mol. The molecule has 7 nitrogen and oxygen atoms in total. The highest BCUT2D eigenvalue weighted by molar-refractivity contribution is 7.09. The molecule has 0 saturated carbocycles. The van der Waals surface area contributed by atoms with E-state index in [2.05, 4.69) is 10.3 Å². The van der Waals surface area contributed by atoms with Gasteiger partial charge in [0.2, 0.25) is 0 Å². The van der Waals surface area contributed by atoms with Crippen LogP contribution in [0.5, 0.6) is 0 Å². The van der Waals surface area contributed by atoms with Crippen molar-refractivity contribution in [2.24, 2.45) is 0 Å². The average molecular weight is 440 g/mol. The van der Waals surface area contributed by atoms with Crippen LogP contribution in [-0.2, 0) is 16.0 Å². The number of hydrogen-bond donors (Lipinski definition) is 1. The van der Waals surface area contributed by atoms with Crippen LogP contribution in [0.15, 0.2) is 29.6 Å². The molecule has 0 saturated heterocycles. The minimum atomic E-state index is -0.224. The van der Waals surface area contributed by atoms with Gasteiger partial charge < -0.3 is 19.7 Å². The van der Waals surface area contributed by atoms with E-state index < -0.39 is 0 Å². The minimum Gasteiger partial charge on any atom is -0.385 e. The highest BCUT2D eigenvalue weighted by atomic mass is 35.5. The number of nitrogens with zero attached hydrogens (tertiary/aromatic N) is 2. The second-order valence-corrected chi connectivity index (χ2v) is 7.69. The highest BCUT2D eigenvalue weighted by Gasteiger charge is 2.19. The number of amides is 2. The van der Waals surface area contributed by atoms with Crippen LogP contribution in [0.4, 0.5) is 0 Å². The molecular formula is C20H26ClN3O4S. The third-order valence-electron chi connectivity index (χ3n) is 4.08. The first-order chi connectivity index (χ1) is 14.0. The van der Waals surface area contributed by atoms with Crippen LogP contribution in [0.2, 0.25) is 5.02 Å². The molecule has 0 aliphatic rings. The predicted molar refractivity (Wildman–Crippen MR) is 114 cm³/mol. The van der Waals surface area contributed by atoms with Gasteiger partial charge >= 0.3 is 0 Å². The van der Waals surface area contributed by atoms with E-state index in [-0.39, 0.29) is 11.8 Å². The first-order valence-corrected chi connectivity index (χ1v) is 10.6. The normalized spacial score (nSPS) is 10.7. The lowest BCUT2D eigenvalue weighted by molar-refractivity contribution is 0.0723. The maximum absolute atomic E-state index is 12.9. The number of carbonyl (C=O) groups is 2. The maximum Gasteiger partial charge on any atom is 0.270 e. The highest BCUT2D eigenvalue weighted by Crippen LogP contribution is 2.17. The fourth-order valence-corrected chi connectivity index (χ4v) is 3.50. The van der Waals surface area contributed by atoms with E-state index in [1.54, 1.807) is 48.8 Å². The van der Waals surface area contributed by atoms with Crippen molar-refractivity contribution in [3.8, 4) is 0 Å². The van der Waals surface area contributed by atoms with Crippen LogP contribution in [0.25, 0.3) is 0 Å². The summed E-state index contributed by atoms with van der Waals surface area (Å²) in [4.78, 5) is 31.2. The zero-order valence-electron chi connectivity index (χ0n) is 16.7. The van der Waals surface area contributed by atoms with E-state index in [0.717, 1.165) is 6.42 Å². The lowest BCUT2D eigenvalue weighted by Gasteiger charge is -2.21. The van der Waals surface area contributed by atoms with Crippen LogP contribution in [-0.4, -0.2) is 62.2 Å². The summed E-state index contributed by atoms with van der Waals surface area (Å²) in [6.07, 6.45) is 1.44. The number of hydrogen-bond acceptors (Lipinski definition) is 6. The third-order valence-corrected chi connectivity index (χ3v) is 5.16. The van der Waals surface area contributed by atoms with Crippen molar-refractivity contribution in [1.82, 2.24) is 15.2 Å². The lowest BCUT2D eigenvalue weighted by Crippen LogP contribution is -2.32. The van der Waals surface area contributed by atoms with Gasteiger partial charge in [-0.3, -0.25) is 9.59 Å². The Balaban J connectivity index is 2.02. The first-order valence-electron chi connectivity index (χ1n) is 9.30. The summed E-state index contributed by atoms with van der Waals surface area (Å²) >= 11 is 7.28. The summed E-state index contributed by atoms with van der Waals surface area (Å²) < 4.78 is 10.1. The molecule has 0 aliphatic carbocycles. The van der Waals surface area contributed by atoms with Gasteiger partial charge in [0.15, 0.2) is 0 Å². The number of ether oxygens (including phenoxy) is 2. The molecule has 2 rings (SSSR count). The number of nitrogens with one attached hydrogen (secondary N) is 1. The fraction of sp³-hybridized carbons (Fsp3) is 0.450. The maximum atomic E-state index is 12.9. The van der Waals surface area contributed by atoms with Gasteiger partial charge in [0.25, 0.3) is 11.8 Å². The summed E-state index contributed by atoms with van der Waals surface area (Å²) in [5.41, 5.74) is 0.915. The Kier molecular flexibility index (Phi) is 10.1. The van der Waals surface area contributed by atoms with E-state index >= 15 is 0 Å². The molecular weight excluding hydrogens is 414 g/mol. The van der Waals surface area contributed by atoms with Crippen LogP contribution in [0.1, 0.15) is 38.7 Å². The Morgan fingerprint density at radius 2 is 1.83 bits per heavy atom. The predicted octanol–water partition coefficient (Wildman–Crippen LogP) is 3.24. The molecule has 1 aromatic heterocycles. The van der Waals surface area contributed by atoms with E-state index in [9.17, 15) is 9.59 Å². The van der Waals surface area contributed by atoms with Gasteiger partial charge in [0.1, 0.15) is 10.7 Å². The van der Waals surface area contributed by atoms with Gasteiger partial charge in [-0.2, -0.15) is 0 Å². The van der Waals surface area contributed by atoms with Crippen molar-refractivity contribution in [3.05, 3.63) is 50.9 Å². The molecule has 0 atom stereocenters. The Morgan fingerprint density at radius 1 is 1.14 bits per heavy atom. The summed E-state index contributed by atoms with van der Waals surface area (Å²) in [6.45, 7) is 2.52. The molecule has 9 heteroatoms. The Morgan fingerprint density at radius 3 is 2.52 bits per heavy atom. The Labute approximate surface area is 180 Å². The molecule has 2 amide bonds. The number of thiazole rings is 1. The van der Waals surface area contributed by atoms with E-state index in [4.69, 9.17) is 21.1 Å². The molecule has 0 aliphatic heterocycles. The summed E-state index contributed by atoms with van der Waals surface area (Å²) in [5, 5.41) is 5.80. The molecule has 0 spiro atoms. The van der Waals surface area contributed by atoms with Crippen molar-refractivity contribution in [2.45, 2.75) is 19.4 Å². The van der Waals surface area contributed by atoms with Crippen molar-refractivity contribution in [2.75, 3.05) is 40.5 Å². The molecule has 29 heavy (non-hydrogen) atoms. The van der Waals surface area contributed by atoms with Crippen LogP contribution in [0, 0.1) is 0 Å². The van der Waals surface area contributed by atoms with Crippen molar-refractivity contribution in [3.63, 3.8) is 0 Å². The van der Waals surface area contributed by atoms with Gasteiger partial charge in [0.05, 0.1) is 6.54 Å². The minimum absolute atomic E-state index is 0.112. The van der Waals surface area contributed by atoms with Crippen molar-refractivity contribution >= 4 is 34.8 Å². The van der Waals surface area contributed by atoms with Gasteiger partial charge in [-0.15, -0.1) is 11.3 Å². The van der Waals surface area contributed by atoms with Crippen molar-refractivity contribution < 1.29 is 19.1 Å². The van der Waals surface area contributed by atoms with E-state index in [1.807, 2.05) is 0 Å². The molecule has 0 unspecified atom stereocenters. The Bertz CT molecular complexity index is 782. The largest absolute Gasteiger partial charge is 0.385 e. The zero-order valence-corrected chi connectivity index (χ0v) is 18.2. The third kappa shape index (κ3) is 7.74. The molecule has 0 fully saturated rings. The smallest absolute Gasteiger partial charge is 0.270 e. The molecule has 0 radical (unpaired) electrons. The number of methoxy groups -OCH3 is 2. The number of rotatable bonds is 12. The second kappa shape index (κ2) is 12.5. The zero-order chi connectivity index (χ0) is 21.1. The van der Waals surface area contributed by atoms with Gasteiger partial charge in [-0.05, 0) is 37.1 Å². The molecule has 1 N–H and O–H groups in total. The fourth-order valence-electron chi connectivity index (χ4n) is 2.59. The standard InChI is InChI=1S/C20H26ClN3O4S/c1-27-11-3-9-22-19(25)17-14-29-18(23-17)13-24(10-4-12-28-2)20(26)15-5-7-16(21)8-6-15/h5-8,14H,3-4,9-13H2,1-2H3,(H,22,25). The number of benzene rings is 1. The second-order valence-electron chi connectivity index (χ2n) is 6.31. The molecule has 0 bridgehead atoms.